The molecular weight excluding hydrogens is 370 g/mol. The molecule has 3 rings (SSSR count). The zero-order valence-corrected chi connectivity index (χ0v) is 16.5. The molecular formula is C22H23N3O4. The van der Waals surface area contributed by atoms with Crippen molar-refractivity contribution < 1.29 is 19.0 Å². The molecule has 0 spiro atoms. The van der Waals surface area contributed by atoms with Gasteiger partial charge < -0.3 is 24.4 Å². The maximum absolute atomic E-state index is 12.6. The molecule has 2 aromatic carbocycles. The molecule has 0 radical (unpaired) electrons. The van der Waals surface area contributed by atoms with Gasteiger partial charge >= 0.3 is 0 Å². The van der Waals surface area contributed by atoms with Crippen molar-refractivity contribution in [3.8, 4) is 17.6 Å². The number of benzene rings is 2. The van der Waals surface area contributed by atoms with E-state index in [2.05, 4.69) is 10.2 Å². The number of ether oxygens (including phenoxy) is 3. The van der Waals surface area contributed by atoms with Crippen LogP contribution < -0.4 is 19.7 Å². The largest absolute Gasteiger partial charge is 0.493 e. The molecule has 1 heterocycles. The number of nitriles is 1. The number of morpholine rings is 1. The second-order valence-electron chi connectivity index (χ2n) is 6.35. The number of carbonyl (C=O) groups excluding carboxylic acids is 1. The van der Waals surface area contributed by atoms with E-state index in [0.717, 1.165) is 18.8 Å². The number of amides is 1. The Morgan fingerprint density at radius 3 is 2.48 bits per heavy atom. The number of hydrogen-bond acceptors (Lipinski definition) is 6. The van der Waals surface area contributed by atoms with Crippen LogP contribution in [0.25, 0.3) is 6.08 Å². The first kappa shape index (κ1) is 20.2. The van der Waals surface area contributed by atoms with E-state index in [-0.39, 0.29) is 5.57 Å². The Balaban J connectivity index is 1.75. The number of nitrogens with zero attached hydrogens (tertiary/aromatic N) is 2. The lowest BCUT2D eigenvalue weighted by Crippen LogP contribution is -2.36. The third-order valence-corrected chi connectivity index (χ3v) is 4.60. The highest BCUT2D eigenvalue weighted by Gasteiger charge is 2.14. The highest BCUT2D eigenvalue weighted by Crippen LogP contribution is 2.32. The summed E-state index contributed by atoms with van der Waals surface area (Å²) in [6.07, 6.45) is 1.48. The molecule has 0 unspecified atom stereocenters. The van der Waals surface area contributed by atoms with Crippen molar-refractivity contribution in [1.82, 2.24) is 0 Å². The molecule has 7 nitrogen and oxygen atoms in total. The Bertz CT molecular complexity index is 926. The monoisotopic (exact) mass is 393 g/mol. The summed E-state index contributed by atoms with van der Waals surface area (Å²) in [6.45, 7) is 3.11. The number of anilines is 2. The Kier molecular flexibility index (Phi) is 6.72. The zero-order chi connectivity index (χ0) is 20.6. The SMILES string of the molecule is COc1cccc(/C=C(\C#N)C(=O)Nc2ccc(N3CCOCC3)cc2)c1OC. The number of rotatable bonds is 6. The maximum atomic E-state index is 12.6. The van der Waals surface area contributed by atoms with Gasteiger partial charge in [0.2, 0.25) is 0 Å². The van der Waals surface area contributed by atoms with E-state index < -0.39 is 5.91 Å². The van der Waals surface area contributed by atoms with E-state index >= 15 is 0 Å². The van der Waals surface area contributed by atoms with Crippen LogP contribution >= 0.6 is 0 Å². The summed E-state index contributed by atoms with van der Waals surface area (Å²) in [4.78, 5) is 14.8. The van der Waals surface area contributed by atoms with E-state index in [1.165, 1.54) is 20.3 Å². The van der Waals surface area contributed by atoms with Gasteiger partial charge in [0.05, 0.1) is 27.4 Å². The van der Waals surface area contributed by atoms with Crippen LogP contribution in [-0.4, -0.2) is 46.4 Å². The topological polar surface area (TPSA) is 83.8 Å². The molecule has 150 valence electrons. The molecule has 1 saturated heterocycles. The molecule has 0 atom stereocenters. The fourth-order valence-electron chi connectivity index (χ4n) is 3.11. The zero-order valence-electron chi connectivity index (χ0n) is 16.5. The van der Waals surface area contributed by atoms with Gasteiger partial charge in [0.25, 0.3) is 5.91 Å². The second kappa shape index (κ2) is 9.62. The quantitative estimate of drug-likeness (QED) is 0.600. The lowest BCUT2D eigenvalue weighted by molar-refractivity contribution is -0.112. The summed E-state index contributed by atoms with van der Waals surface area (Å²) in [7, 11) is 3.04. The Morgan fingerprint density at radius 1 is 1.14 bits per heavy atom. The summed E-state index contributed by atoms with van der Waals surface area (Å²) in [5, 5.41) is 12.2. The minimum atomic E-state index is -0.489. The number of carbonyl (C=O) groups is 1. The van der Waals surface area contributed by atoms with Crippen LogP contribution in [0.15, 0.2) is 48.0 Å². The molecule has 7 heteroatoms. The summed E-state index contributed by atoms with van der Waals surface area (Å²) < 4.78 is 16.0. The van der Waals surface area contributed by atoms with Crippen LogP contribution in [0, 0.1) is 11.3 Å². The van der Waals surface area contributed by atoms with Crippen molar-refractivity contribution >= 4 is 23.4 Å². The number of hydrogen-bond donors (Lipinski definition) is 1. The van der Waals surface area contributed by atoms with Gasteiger partial charge in [-0.25, -0.2) is 0 Å². The molecule has 2 aromatic rings. The number of nitrogens with one attached hydrogen (secondary N) is 1. The van der Waals surface area contributed by atoms with E-state index in [4.69, 9.17) is 14.2 Å². The standard InChI is InChI=1S/C22H23N3O4/c1-27-20-5-3-4-16(21(20)28-2)14-17(15-23)22(26)24-18-6-8-19(9-7-18)25-10-12-29-13-11-25/h3-9,14H,10-13H2,1-2H3,(H,24,26)/b17-14+. The number of methoxy groups -OCH3 is 2. The molecule has 0 saturated carbocycles. The van der Waals surface area contributed by atoms with Crippen molar-refractivity contribution in [2.75, 3.05) is 50.7 Å². The van der Waals surface area contributed by atoms with E-state index in [9.17, 15) is 10.1 Å². The van der Waals surface area contributed by atoms with Crippen LogP contribution in [0.2, 0.25) is 0 Å². The molecule has 1 aliphatic rings. The molecule has 1 aliphatic heterocycles. The second-order valence-corrected chi connectivity index (χ2v) is 6.35. The van der Waals surface area contributed by atoms with Crippen molar-refractivity contribution in [3.05, 3.63) is 53.6 Å². The molecule has 0 aromatic heterocycles. The molecule has 29 heavy (non-hydrogen) atoms. The van der Waals surface area contributed by atoms with Crippen molar-refractivity contribution in [3.63, 3.8) is 0 Å². The smallest absolute Gasteiger partial charge is 0.266 e. The first-order chi connectivity index (χ1) is 14.2. The molecule has 1 N–H and O–H groups in total. The van der Waals surface area contributed by atoms with Gasteiger partial charge in [0.1, 0.15) is 11.6 Å². The van der Waals surface area contributed by atoms with Gasteiger partial charge in [-0.05, 0) is 36.4 Å². The lowest BCUT2D eigenvalue weighted by Gasteiger charge is -2.28. The van der Waals surface area contributed by atoms with Crippen LogP contribution in [0.3, 0.4) is 0 Å². The highest BCUT2D eigenvalue weighted by atomic mass is 16.5. The van der Waals surface area contributed by atoms with Gasteiger partial charge in [0.15, 0.2) is 11.5 Å². The average molecular weight is 393 g/mol. The molecule has 0 bridgehead atoms. The van der Waals surface area contributed by atoms with Gasteiger partial charge in [0, 0.05) is 30.0 Å². The minimum absolute atomic E-state index is 0.0335. The normalized spacial score (nSPS) is 14.1. The van der Waals surface area contributed by atoms with Crippen LogP contribution in [0.1, 0.15) is 5.56 Å². The predicted octanol–water partition coefficient (Wildman–Crippen LogP) is 3.09. The van der Waals surface area contributed by atoms with E-state index in [1.807, 2.05) is 30.3 Å². The Labute approximate surface area is 170 Å². The lowest BCUT2D eigenvalue weighted by atomic mass is 10.1. The minimum Gasteiger partial charge on any atom is -0.493 e. The highest BCUT2D eigenvalue weighted by molar-refractivity contribution is 6.10. The summed E-state index contributed by atoms with van der Waals surface area (Å²) >= 11 is 0. The summed E-state index contributed by atoms with van der Waals surface area (Å²) in [6, 6.07) is 14.8. The van der Waals surface area contributed by atoms with Crippen LogP contribution in [-0.2, 0) is 9.53 Å². The Hall–Kier alpha value is -3.50. The van der Waals surface area contributed by atoms with Crippen molar-refractivity contribution in [2.24, 2.45) is 0 Å². The van der Waals surface area contributed by atoms with Gasteiger partial charge in [-0.15, -0.1) is 0 Å². The average Bonchev–Trinajstić information content (AvgIpc) is 2.78. The molecule has 0 aliphatic carbocycles. The fourth-order valence-corrected chi connectivity index (χ4v) is 3.11. The summed E-state index contributed by atoms with van der Waals surface area (Å²) in [5.41, 5.74) is 2.24. The van der Waals surface area contributed by atoms with Gasteiger partial charge in [-0.1, -0.05) is 12.1 Å². The summed E-state index contributed by atoms with van der Waals surface area (Å²) in [5.74, 6) is 0.500. The van der Waals surface area contributed by atoms with E-state index in [0.29, 0.717) is 36.0 Å². The predicted molar refractivity (Wildman–Crippen MR) is 111 cm³/mol. The third-order valence-electron chi connectivity index (χ3n) is 4.60. The van der Waals surface area contributed by atoms with Crippen LogP contribution in [0.5, 0.6) is 11.5 Å². The first-order valence-electron chi connectivity index (χ1n) is 9.23. The Morgan fingerprint density at radius 2 is 1.86 bits per heavy atom. The van der Waals surface area contributed by atoms with Crippen molar-refractivity contribution in [1.29, 1.82) is 5.26 Å². The fraction of sp³-hybridized carbons (Fsp3) is 0.273. The number of para-hydroxylation sites is 1. The third kappa shape index (κ3) is 4.86. The van der Waals surface area contributed by atoms with Crippen LogP contribution in [0.4, 0.5) is 11.4 Å². The van der Waals surface area contributed by atoms with E-state index in [1.54, 1.807) is 18.2 Å². The molecule has 1 fully saturated rings. The van der Waals surface area contributed by atoms with Gasteiger partial charge in [-0.2, -0.15) is 5.26 Å². The van der Waals surface area contributed by atoms with Crippen molar-refractivity contribution in [2.45, 2.75) is 0 Å². The van der Waals surface area contributed by atoms with Gasteiger partial charge in [-0.3, -0.25) is 4.79 Å². The molecule has 1 amide bonds. The maximum Gasteiger partial charge on any atom is 0.266 e. The first-order valence-corrected chi connectivity index (χ1v) is 9.23.